The van der Waals surface area contributed by atoms with Gasteiger partial charge in [0.15, 0.2) is 0 Å². The average molecular weight is 737 g/mol. The molecule has 0 bridgehead atoms. The van der Waals surface area contributed by atoms with Gasteiger partial charge in [-0.15, -0.1) is 0 Å². The van der Waals surface area contributed by atoms with Crippen LogP contribution in [-0.2, 0) is 36.7 Å². The van der Waals surface area contributed by atoms with Crippen LogP contribution in [0.5, 0.6) is 0 Å². The van der Waals surface area contributed by atoms with Crippen LogP contribution in [0.15, 0.2) is 84.9 Å². The average Bonchev–Trinajstić information content (AvgIpc) is 3.69. The monoisotopic (exact) mass is 736 g/mol. The molecule has 0 aromatic heterocycles. The summed E-state index contributed by atoms with van der Waals surface area (Å²) >= 11 is 0. The van der Waals surface area contributed by atoms with E-state index in [1.54, 1.807) is 44.2 Å². The van der Waals surface area contributed by atoms with E-state index in [1.165, 1.54) is 26.8 Å². The Kier molecular flexibility index (Phi) is 14.1. The summed E-state index contributed by atoms with van der Waals surface area (Å²) in [6, 6.07) is 20.7. The van der Waals surface area contributed by atoms with Gasteiger partial charge in [0, 0.05) is 12.6 Å². The second-order valence-electron chi connectivity index (χ2n) is 13.3. The van der Waals surface area contributed by atoms with Crippen LogP contribution in [0.4, 0.5) is 13.2 Å². The molecule has 53 heavy (non-hydrogen) atoms. The van der Waals surface area contributed by atoms with Crippen molar-refractivity contribution < 1.29 is 37.1 Å². The lowest BCUT2D eigenvalue weighted by atomic mass is 10.0. The van der Waals surface area contributed by atoms with Crippen LogP contribution in [-0.4, -0.2) is 87.9 Å². The van der Waals surface area contributed by atoms with Gasteiger partial charge in [0.1, 0.15) is 19.6 Å². The zero-order chi connectivity index (χ0) is 38.7. The number of carbonyl (C=O) groups excluding carboxylic acids is 5. The third-order valence-electron chi connectivity index (χ3n) is 9.67. The van der Waals surface area contributed by atoms with E-state index in [2.05, 4.69) is 0 Å². The first-order valence-electron chi connectivity index (χ1n) is 17.6. The summed E-state index contributed by atoms with van der Waals surface area (Å²) in [6.45, 7) is 1.16. The number of halogens is 3. The molecule has 1 aliphatic carbocycles. The molecular weight excluding hydrogens is 689 g/mol. The molecule has 0 radical (unpaired) electrons. The summed E-state index contributed by atoms with van der Waals surface area (Å²) in [4.78, 5) is 72.9. The maximum absolute atomic E-state index is 14.5. The van der Waals surface area contributed by atoms with Crippen molar-refractivity contribution in [2.75, 3.05) is 32.7 Å². The van der Waals surface area contributed by atoms with Crippen LogP contribution in [0.1, 0.15) is 73.9 Å². The zero-order valence-corrected chi connectivity index (χ0v) is 30.0. The molecule has 3 aromatic carbocycles. The smallest absolute Gasteiger partial charge is 0.368 e. The summed E-state index contributed by atoms with van der Waals surface area (Å²) < 4.78 is 39.5. The first-order valence-corrected chi connectivity index (χ1v) is 17.6. The van der Waals surface area contributed by atoms with Gasteiger partial charge in [0.05, 0.1) is 30.7 Å². The molecule has 0 spiro atoms. The number of amides is 5. The fourth-order valence-electron chi connectivity index (χ4n) is 6.62. The van der Waals surface area contributed by atoms with E-state index in [0.717, 1.165) is 48.3 Å². The first-order chi connectivity index (χ1) is 25.2. The van der Waals surface area contributed by atoms with Crippen molar-refractivity contribution in [3.05, 3.63) is 107 Å². The van der Waals surface area contributed by atoms with E-state index < -0.39 is 67.1 Å². The van der Waals surface area contributed by atoms with E-state index in [-0.39, 0.29) is 31.6 Å². The predicted octanol–water partition coefficient (Wildman–Crippen LogP) is 4.43. The van der Waals surface area contributed by atoms with Crippen LogP contribution in [0.2, 0.25) is 0 Å². The van der Waals surface area contributed by atoms with Crippen molar-refractivity contribution in [2.24, 2.45) is 11.5 Å². The van der Waals surface area contributed by atoms with Gasteiger partial charge in [-0.2, -0.15) is 13.2 Å². The molecule has 1 saturated carbocycles. The first kappa shape index (κ1) is 40.5. The van der Waals surface area contributed by atoms with Gasteiger partial charge >= 0.3 is 6.18 Å². The molecule has 1 aliphatic rings. The Balaban J connectivity index is 1.66. The molecular formula is C39H47F3N6O5. The number of alkyl halides is 3. The molecule has 11 nitrogen and oxygen atoms in total. The zero-order valence-electron chi connectivity index (χ0n) is 30.0. The number of hydrogen-bond acceptors (Lipinski definition) is 6. The third kappa shape index (κ3) is 11.1. The van der Waals surface area contributed by atoms with Crippen LogP contribution in [0, 0.1) is 0 Å². The minimum absolute atomic E-state index is 0.146. The van der Waals surface area contributed by atoms with Gasteiger partial charge < -0.3 is 31.1 Å². The number of nitrogens with zero attached hydrogens (tertiary/aromatic N) is 4. The van der Waals surface area contributed by atoms with Crippen molar-refractivity contribution >= 4 is 29.5 Å². The fourth-order valence-corrected chi connectivity index (χ4v) is 6.62. The maximum Gasteiger partial charge on any atom is 0.416 e. The van der Waals surface area contributed by atoms with Gasteiger partial charge in [-0.1, -0.05) is 85.6 Å². The molecule has 3 aromatic rings. The van der Waals surface area contributed by atoms with Crippen molar-refractivity contribution in [3.63, 3.8) is 0 Å². The van der Waals surface area contributed by atoms with Crippen molar-refractivity contribution in [1.29, 1.82) is 0 Å². The second kappa shape index (κ2) is 18.5. The maximum atomic E-state index is 14.5. The van der Waals surface area contributed by atoms with Gasteiger partial charge in [0.2, 0.25) is 29.5 Å². The second-order valence-corrected chi connectivity index (χ2v) is 13.3. The Morgan fingerprint density at radius 3 is 1.60 bits per heavy atom. The molecule has 14 heteroatoms. The molecule has 0 aliphatic heterocycles. The van der Waals surface area contributed by atoms with E-state index in [9.17, 15) is 37.1 Å². The number of benzene rings is 3. The van der Waals surface area contributed by atoms with Crippen LogP contribution in [0.25, 0.3) is 0 Å². The van der Waals surface area contributed by atoms with Gasteiger partial charge in [-0.25, -0.2) is 0 Å². The Morgan fingerprint density at radius 2 is 1.15 bits per heavy atom. The Bertz CT molecular complexity index is 1700. The molecule has 0 heterocycles. The lowest BCUT2D eigenvalue weighted by Crippen LogP contribution is -2.52. The van der Waals surface area contributed by atoms with Gasteiger partial charge in [-0.3, -0.25) is 24.0 Å². The topological polar surface area (TPSA) is 150 Å². The molecule has 2 atom stereocenters. The van der Waals surface area contributed by atoms with Crippen molar-refractivity contribution in [1.82, 2.24) is 19.6 Å². The van der Waals surface area contributed by atoms with Crippen LogP contribution in [0.3, 0.4) is 0 Å². The van der Waals surface area contributed by atoms with E-state index in [0.29, 0.717) is 11.1 Å². The summed E-state index contributed by atoms with van der Waals surface area (Å²) in [5.41, 5.74) is 12.1. The van der Waals surface area contributed by atoms with E-state index >= 15 is 0 Å². The highest BCUT2D eigenvalue weighted by Crippen LogP contribution is 2.30. The Morgan fingerprint density at radius 1 is 0.679 bits per heavy atom. The number of rotatable bonds is 16. The highest BCUT2D eigenvalue weighted by atomic mass is 19.4. The SMILES string of the molecule is CC(c1ccccc1)N(CC(=O)N(CC(N)=O)Cc1ccc(C(F)(F)F)cc1)C(=O)CN(C(=O)CN(C(=O)CN)C1CCCC1)C(C)c1ccccc1. The summed E-state index contributed by atoms with van der Waals surface area (Å²) in [7, 11) is 0. The minimum atomic E-state index is -4.56. The lowest BCUT2D eigenvalue weighted by Gasteiger charge is -2.37. The van der Waals surface area contributed by atoms with Crippen LogP contribution >= 0.6 is 0 Å². The van der Waals surface area contributed by atoms with Crippen molar-refractivity contribution in [2.45, 2.75) is 70.4 Å². The molecule has 0 saturated heterocycles. The quantitative estimate of drug-likeness (QED) is 0.222. The van der Waals surface area contributed by atoms with E-state index in [4.69, 9.17) is 11.5 Å². The Hall–Kier alpha value is -5.24. The predicted molar refractivity (Wildman–Crippen MR) is 192 cm³/mol. The minimum Gasteiger partial charge on any atom is -0.368 e. The highest BCUT2D eigenvalue weighted by molar-refractivity contribution is 5.92. The summed E-state index contributed by atoms with van der Waals surface area (Å²) in [5.74, 6) is -2.96. The Labute approximate surface area is 307 Å². The number of primary amides is 1. The summed E-state index contributed by atoms with van der Waals surface area (Å²) in [5, 5.41) is 0. The highest BCUT2D eigenvalue weighted by Gasteiger charge is 2.35. The molecule has 1 fully saturated rings. The third-order valence-corrected chi connectivity index (χ3v) is 9.67. The largest absolute Gasteiger partial charge is 0.416 e. The van der Waals surface area contributed by atoms with Gasteiger partial charge in [0.25, 0.3) is 0 Å². The normalized spacial score (nSPS) is 14.2. The van der Waals surface area contributed by atoms with Crippen molar-refractivity contribution in [3.8, 4) is 0 Å². The van der Waals surface area contributed by atoms with Gasteiger partial charge in [-0.05, 0) is 55.5 Å². The molecule has 4 rings (SSSR count). The number of carbonyl (C=O) groups is 5. The standard InChI is InChI=1S/C39H47F3N6O5/c1-27(30-11-5-3-6-12-30)46(24-36(51)45(23-34(44)49)22-29-17-19-32(20-18-29)39(40,41)42)37(52)25-47(28(2)31-13-7-4-8-14-31)38(53)26-48(35(50)21-43)33-15-9-10-16-33/h3-8,11-14,17-20,27-28,33H,9-10,15-16,21-26,43H2,1-2H3,(H2,44,49). The van der Waals surface area contributed by atoms with E-state index in [1.807, 2.05) is 30.3 Å². The fraction of sp³-hybridized carbons (Fsp3) is 0.410. The summed E-state index contributed by atoms with van der Waals surface area (Å²) in [6.07, 6.45) is -1.24. The molecule has 284 valence electrons. The molecule has 2 unspecified atom stereocenters. The molecule has 4 N–H and O–H groups in total. The molecule has 5 amide bonds. The van der Waals surface area contributed by atoms with Crippen LogP contribution < -0.4 is 11.5 Å². The lowest BCUT2D eigenvalue weighted by molar-refractivity contribution is -0.149. The number of hydrogen-bond donors (Lipinski definition) is 2. The number of nitrogens with two attached hydrogens (primary N) is 2.